The van der Waals surface area contributed by atoms with E-state index in [1.807, 2.05) is 39.8 Å². The van der Waals surface area contributed by atoms with Crippen molar-refractivity contribution in [2.24, 2.45) is 0 Å². The number of nitrogens with zero attached hydrogens (tertiary/aromatic N) is 2. The predicted molar refractivity (Wildman–Crippen MR) is 73.8 cm³/mol. The summed E-state index contributed by atoms with van der Waals surface area (Å²) in [6.45, 7) is 7.44. The van der Waals surface area contributed by atoms with Gasteiger partial charge in [-0.05, 0) is 45.4 Å². The number of hydrogen-bond acceptors (Lipinski definition) is 3. The smallest absolute Gasteiger partial charge is 0.435 e. The van der Waals surface area contributed by atoms with E-state index in [0.29, 0.717) is 0 Å². The first-order valence-electron chi connectivity index (χ1n) is 5.65. The zero-order valence-corrected chi connectivity index (χ0v) is 12.4. The SMILES string of the molecule is Cc1cc(Br)cc2cnn(C(=O)OC(C)(C)C)c12. The van der Waals surface area contributed by atoms with E-state index >= 15 is 0 Å². The second kappa shape index (κ2) is 4.39. The molecular weight excluding hydrogens is 296 g/mol. The highest BCUT2D eigenvalue weighted by atomic mass is 79.9. The van der Waals surface area contributed by atoms with Crippen LogP contribution in [-0.2, 0) is 4.74 Å². The molecule has 0 unspecified atom stereocenters. The van der Waals surface area contributed by atoms with Crippen molar-refractivity contribution in [1.29, 1.82) is 0 Å². The third kappa shape index (κ3) is 2.56. The van der Waals surface area contributed by atoms with Crippen LogP contribution in [-0.4, -0.2) is 21.5 Å². The highest BCUT2D eigenvalue weighted by Crippen LogP contribution is 2.24. The average molecular weight is 311 g/mol. The number of ether oxygens (including phenoxy) is 1. The van der Waals surface area contributed by atoms with Gasteiger partial charge in [-0.3, -0.25) is 0 Å². The summed E-state index contributed by atoms with van der Waals surface area (Å²) in [7, 11) is 0. The Morgan fingerprint density at radius 1 is 1.39 bits per heavy atom. The van der Waals surface area contributed by atoms with Crippen molar-refractivity contribution in [3.05, 3.63) is 28.4 Å². The quantitative estimate of drug-likeness (QED) is 0.741. The summed E-state index contributed by atoms with van der Waals surface area (Å²) in [4.78, 5) is 12.0. The molecule has 1 aromatic carbocycles. The minimum absolute atomic E-state index is 0.456. The monoisotopic (exact) mass is 310 g/mol. The fraction of sp³-hybridized carbons (Fsp3) is 0.385. The molecule has 0 saturated carbocycles. The molecule has 0 saturated heterocycles. The Bertz CT molecular complexity index is 611. The fourth-order valence-electron chi connectivity index (χ4n) is 1.77. The predicted octanol–water partition coefficient (Wildman–Crippen LogP) is 3.89. The molecule has 0 atom stereocenters. The highest BCUT2D eigenvalue weighted by Gasteiger charge is 2.20. The number of hydrogen-bond donors (Lipinski definition) is 0. The van der Waals surface area contributed by atoms with Gasteiger partial charge in [-0.2, -0.15) is 9.78 Å². The second-order valence-electron chi connectivity index (χ2n) is 5.20. The Kier molecular flexibility index (Phi) is 3.19. The second-order valence-corrected chi connectivity index (χ2v) is 6.11. The molecule has 0 aliphatic carbocycles. The van der Waals surface area contributed by atoms with Crippen LogP contribution in [0.4, 0.5) is 4.79 Å². The lowest BCUT2D eigenvalue weighted by Gasteiger charge is -2.19. The van der Waals surface area contributed by atoms with Gasteiger partial charge >= 0.3 is 6.09 Å². The van der Waals surface area contributed by atoms with Crippen LogP contribution in [0.15, 0.2) is 22.8 Å². The van der Waals surface area contributed by atoms with E-state index in [0.717, 1.165) is 20.9 Å². The highest BCUT2D eigenvalue weighted by molar-refractivity contribution is 9.10. The minimum atomic E-state index is -0.529. The van der Waals surface area contributed by atoms with Gasteiger partial charge in [-0.25, -0.2) is 4.79 Å². The van der Waals surface area contributed by atoms with Gasteiger partial charge in [0, 0.05) is 9.86 Å². The van der Waals surface area contributed by atoms with E-state index in [1.54, 1.807) is 6.20 Å². The zero-order valence-electron chi connectivity index (χ0n) is 10.8. The largest absolute Gasteiger partial charge is 0.442 e. The first-order chi connectivity index (χ1) is 8.28. The van der Waals surface area contributed by atoms with Crippen molar-refractivity contribution in [1.82, 2.24) is 9.78 Å². The lowest BCUT2D eigenvalue weighted by atomic mass is 10.2. The summed E-state index contributed by atoms with van der Waals surface area (Å²) < 4.78 is 7.60. The number of aromatic nitrogens is 2. The molecule has 1 heterocycles. The number of fused-ring (bicyclic) bond motifs is 1. The van der Waals surface area contributed by atoms with Crippen molar-refractivity contribution in [2.45, 2.75) is 33.3 Å². The van der Waals surface area contributed by atoms with Crippen LogP contribution in [0, 0.1) is 6.92 Å². The van der Waals surface area contributed by atoms with E-state index in [1.165, 1.54) is 4.68 Å². The minimum Gasteiger partial charge on any atom is -0.442 e. The van der Waals surface area contributed by atoms with Crippen LogP contribution in [0.5, 0.6) is 0 Å². The third-order valence-corrected chi connectivity index (χ3v) is 2.84. The van der Waals surface area contributed by atoms with Gasteiger partial charge in [0.2, 0.25) is 0 Å². The fourth-order valence-corrected chi connectivity index (χ4v) is 2.36. The van der Waals surface area contributed by atoms with Crippen LogP contribution in [0.25, 0.3) is 10.9 Å². The first kappa shape index (κ1) is 13.1. The first-order valence-corrected chi connectivity index (χ1v) is 6.44. The van der Waals surface area contributed by atoms with E-state index in [-0.39, 0.29) is 0 Å². The summed E-state index contributed by atoms with van der Waals surface area (Å²) in [5.74, 6) is 0. The lowest BCUT2D eigenvalue weighted by Crippen LogP contribution is -2.27. The van der Waals surface area contributed by atoms with Gasteiger partial charge in [0.15, 0.2) is 0 Å². The maximum absolute atomic E-state index is 12.0. The summed E-state index contributed by atoms with van der Waals surface area (Å²) in [5.41, 5.74) is 1.23. The molecule has 4 nitrogen and oxygen atoms in total. The maximum Gasteiger partial charge on any atom is 0.435 e. The van der Waals surface area contributed by atoms with Crippen LogP contribution >= 0.6 is 15.9 Å². The van der Waals surface area contributed by atoms with Crippen molar-refractivity contribution in [3.63, 3.8) is 0 Å². The molecule has 0 aliphatic heterocycles. The zero-order chi connectivity index (χ0) is 13.5. The van der Waals surface area contributed by atoms with Crippen LogP contribution in [0.3, 0.4) is 0 Å². The standard InChI is InChI=1S/C13H15BrN2O2/c1-8-5-10(14)6-9-7-15-16(11(8)9)12(17)18-13(2,3)4/h5-7H,1-4H3. The van der Waals surface area contributed by atoms with Gasteiger partial charge in [0.25, 0.3) is 0 Å². The summed E-state index contributed by atoms with van der Waals surface area (Å²) in [6.07, 6.45) is 1.21. The van der Waals surface area contributed by atoms with E-state index in [4.69, 9.17) is 4.74 Å². The molecule has 0 amide bonds. The molecule has 5 heteroatoms. The normalized spacial score (nSPS) is 11.8. The topological polar surface area (TPSA) is 44.1 Å². The van der Waals surface area contributed by atoms with Crippen LogP contribution in [0.1, 0.15) is 26.3 Å². The van der Waals surface area contributed by atoms with Crippen LogP contribution < -0.4 is 0 Å². The summed E-state index contributed by atoms with van der Waals surface area (Å²) in [6, 6.07) is 3.88. The molecule has 0 radical (unpaired) electrons. The molecule has 1 aromatic heterocycles. The molecule has 0 spiro atoms. The molecule has 0 aliphatic rings. The van der Waals surface area contributed by atoms with Crippen LogP contribution in [0.2, 0.25) is 0 Å². The van der Waals surface area contributed by atoms with Crippen molar-refractivity contribution >= 4 is 32.9 Å². The summed E-state index contributed by atoms with van der Waals surface area (Å²) in [5, 5.41) is 5.01. The molecule has 18 heavy (non-hydrogen) atoms. The number of rotatable bonds is 0. The van der Waals surface area contributed by atoms with Gasteiger partial charge in [-0.15, -0.1) is 0 Å². The molecule has 0 fully saturated rings. The third-order valence-electron chi connectivity index (χ3n) is 2.39. The van der Waals surface area contributed by atoms with Gasteiger partial charge in [0.1, 0.15) is 5.60 Å². The maximum atomic E-state index is 12.0. The number of halogens is 1. The average Bonchev–Trinajstić information content (AvgIpc) is 2.58. The van der Waals surface area contributed by atoms with Crippen molar-refractivity contribution in [3.8, 4) is 0 Å². The van der Waals surface area contributed by atoms with Gasteiger partial charge in [0.05, 0.1) is 11.7 Å². The van der Waals surface area contributed by atoms with E-state index in [9.17, 15) is 4.79 Å². The molecule has 96 valence electrons. The molecule has 2 aromatic rings. The number of carbonyl (C=O) groups is 1. The number of aryl methyl sites for hydroxylation is 1. The van der Waals surface area contributed by atoms with E-state index in [2.05, 4.69) is 21.0 Å². The Morgan fingerprint density at radius 2 is 2.06 bits per heavy atom. The Labute approximate surface area is 114 Å². The van der Waals surface area contributed by atoms with Gasteiger partial charge in [-0.1, -0.05) is 15.9 Å². The Morgan fingerprint density at radius 3 is 2.67 bits per heavy atom. The Balaban J connectivity index is 2.50. The van der Waals surface area contributed by atoms with Gasteiger partial charge < -0.3 is 4.74 Å². The molecule has 2 rings (SSSR count). The Hall–Kier alpha value is -1.36. The van der Waals surface area contributed by atoms with Crippen molar-refractivity contribution < 1.29 is 9.53 Å². The van der Waals surface area contributed by atoms with E-state index < -0.39 is 11.7 Å². The molecular formula is C13H15BrN2O2. The lowest BCUT2D eigenvalue weighted by molar-refractivity contribution is 0.0522. The number of benzene rings is 1. The van der Waals surface area contributed by atoms with Crippen molar-refractivity contribution in [2.75, 3.05) is 0 Å². The number of carbonyl (C=O) groups excluding carboxylic acids is 1. The molecule has 0 bridgehead atoms. The molecule has 0 N–H and O–H groups in total. The summed E-state index contributed by atoms with van der Waals surface area (Å²) >= 11 is 3.43.